The minimum Gasteiger partial charge on any atom is -0.484 e. The van der Waals surface area contributed by atoms with Crippen molar-refractivity contribution in [1.82, 2.24) is 16.2 Å². The number of halogens is 2. The van der Waals surface area contributed by atoms with Crippen molar-refractivity contribution in [1.29, 1.82) is 0 Å². The van der Waals surface area contributed by atoms with E-state index in [4.69, 9.17) is 44.9 Å². The number of thiocarbonyl (C=S) groups is 1. The molecule has 0 aliphatic carbocycles. The van der Waals surface area contributed by atoms with Crippen LogP contribution in [0.25, 0.3) is 0 Å². The normalized spacial score (nSPS) is 11.1. The van der Waals surface area contributed by atoms with Gasteiger partial charge in [0, 0.05) is 17.2 Å². The van der Waals surface area contributed by atoms with E-state index in [1.165, 1.54) is 43.3 Å². The van der Waals surface area contributed by atoms with Crippen molar-refractivity contribution in [3.05, 3.63) is 62.6 Å². The Morgan fingerprint density at radius 3 is 2.45 bits per heavy atom. The highest BCUT2D eigenvalue weighted by Gasteiger charge is 2.18. The van der Waals surface area contributed by atoms with Gasteiger partial charge in [-0.25, -0.2) is 0 Å². The second-order valence-electron chi connectivity index (χ2n) is 5.87. The molecule has 10 nitrogen and oxygen atoms in total. The summed E-state index contributed by atoms with van der Waals surface area (Å²) in [5, 5.41) is 13.4. The molecule has 1 atom stereocenters. The molecule has 0 bridgehead atoms. The molecule has 2 rings (SSSR count). The minimum atomic E-state index is -0.945. The molecule has 164 valence electrons. The summed E-state index contributed by atoms with van der Waals surface area (Å²) < 4.78 is 10.7. The zero-order valence-corrected chi connectivity index (χ0v) is 18.2. The molecule has 0 saturated carbocycles. The summed E-state index contributed by atoms with van der Waals surface area (Å²) in [4.78, 5) is 34.0. The molecule has 1 unspecified atom stereocenters. The molecule has 31 heavy (non-hydrogen) atoms. The molecule has 13 heteroatoms. The van der Waals surface area contributed by atoms with Crippen molar-refractivity contribution < 1.29 is 24.0 Å². The third-order valence-electron chi connectivity index (χ3n) is 3.54. The van der Waals surface area contributed by atoms with Crippen LogP contribution in [-0.4, -0.2) is 34.6 Å². The lowest BCUT2D eigenvalue weighted by atomic mass is 10.3. The molecule has 0 saturated heterocycles. The number of rotatable bonds is 7. The number of ether oxygens (including phenoxy) is 2. The SMILES string of the molecule is CC(Oc1ccc(Cl)cc1Cl)C(=O)NC(=S)NNC(=O)COc1ccc([N+](=O)[O-])cc1. The highest BCUT2D eigenvalue weighted by Crippen LogP contribution is 2.28. The van der Waals surface area contributed by atoms with Gasteiger partial charge in [0.15, 0.2) is 17.8 Å². The first-order valence-corrected chi connectivity index (χ1v) is 9.70. The van der Waals surface area contributed by atoms with Crippen LogP contribution in [0.5, 0.6) is 11.5 Å². The Morgan fingerprint density at radius 1 is 1.16 bits per heavy atom. The van der Waals surface area contributed by atoms with E-state index in [0.717, 1.165) is 0 Å². The largest absolute Gasteiger partial charge is 0.484 e. The third-order valence-corrected chi connectivity index (χ3v) is 4.27. The molecule has 2 aromatic carbocycles. The minimum absolute atomic E-state index is 0.101. The van der Waals surface area contributed by atoms with Crippen LogP contribution in [0.3, 0.4) is 0 Å². The zero-order valence-electron chi connectivity index (χ0n) is 15.9. The van der Waals surface area contributed by atoms with E-state index in [-0.39, 0.29) is 27.3 Å². The summed E-state index contributed by atoms with van der Waals surface area (Å²) in [5.41, 5.74) is 4.48. The van der Waals surface area contributed by atoms with Gasteiger partial charge < -0.3 is 9.47 Å². The smallest absolute Gasteiger partial charge is 0.276 e. The van der Waals surface area contributed by atoms with E-state index >= 15 is 0 Å². The average molecular weight is 487 g/mol. The predicted molar refractivity (Wildman–Crippen MR) is 117 cm³/mol. The van der Waals surface area contributed by atoms with E-state index in [0.29, 0.717) is 5.02 Å². The van der Waals surface area contributed by atoms with Crippen LogP contribution in [0, 0.1) is 10.1 Å². The highest BCUT2D eigenvalue weighted by atomic mass is 35.5. The Balaban J connectivity index is 1.72. The van der Waals surface area contributed by atoms with E-state index < -0.39 is 29.4 Å². The average Bonchev–Trinajstić information content (AvgIpc) is 2.72. The second kappa shape index (κ2) is 11.3. The fourth-order valence-corrected chi connectivity index (χ4v) is 2.64. The maximum absolute atomic E-state index is 12.1. The number of carbonyl (C=O) groups excluding carboxylic acids is 2. The summed E-state index contributed by atoms with van der Waals surface area (Å²) >= 11 is 16.7. The zero-order chi connectivity index (χ0) is 23.0. The Labute approximate surface area is 191 Å². The Bertz CT molecular complexity index is 990. The van der Waals surface area contributed by atoms with Gasteiger partial charge in [-0.15, -0.1) is 0 Å². The van der Waals surface area contributed by atoms with E-state index in [9.17, 15) is 19.7 Å². The molecule has 2 aromatic rings. The van der Waals surface area contributed by atoms with E-state index in [1.807, 2.05) is 0 Å². The molecule has 3 N–H and O–H groups in total. The van der Waals surface area contributed by atoms with Crippen molar-refractivity contribution in [2.24, 2.45) is 0 Å². The highest BCUT2D eigenvalue weighted by molar-refractivity contribution is 7.80. The summed E-state index contributed by atoms with van der Waals surface area (Å²) in [6.45, 7) is 1.09. The maximum Gasteiger partial charge on any atom is 0.276 e. The van der Waals surface area contributed by atoms with Crippen LogP contribution in [0.4, 0.5) is 5.69 Å². The first kappa shape index (κ1) is 24.1. The van der Waals surface area contributed by atoms with Crippen molar-refractivity contribution >= 4 is 58.0 Å². The molecular weight excluding hydrogens is 471 g/mol. The number of carbonyl (C=O) groups is 2. The Kier molecular flexibility index (Phi) is 8.79. The number of nitrogens with one attached hydrogen (secondary N) is 3. The standard InChI is InChI=1S/C18H16Cl2N4O6S/c1-10(30-15-7-2-11(19)8-14(15)20)17(26)21-18(31)23-22-16(25)9-29-13-5-3-12(4-6-13)24(27)28/h2-8,10H,9H2,1H3,(H,22,25)(H2,21,23,26,31). The molecular formula is C18H16Cl2N4O6S. The number of nitro benzene ring substituents is 1. The summed E-state index contributed by atoms with van der Waals surface area (Å²) in [7, 11) is 0. The van der Waals surface area contributed by atoms with Gasteiger partial charge in [-0.3, -0.25) is 35.9 Å². The molecule has 0 aliphatic rings. The molecule has 2 amide bonds. The maximum atomic E-state index is 12.1. The van der Waals surface area contributed by atoms with Crippen molar-refractivity contribution in [2.75, 3.05) is 6.61 Å². The van der Waals surface area contributed by atoms with Crippen LogP contribution >= 0.6 is 35.4 Å². The van der Waals surface area contributed by atoms with Gasteiger partial charge >= 0.3 is 0 Å². The quantitative estimate of drug-likeness (QED) is 0.309. The molecule has 0 aromatic heterocycles. The number of benzene rings is 2. The lowest BCUT2D eigenvalue weighted by Crippen LogP contribution is -2.51. The first-order chi connectivity index (χ1) is 14.7. The Morgan fingerprint density at radius 2 is 1.84 bits per heavy atom. The van der Waals surface area contributed by atoms with Crippen LogP contribution in [0.15, 0.2) is 42.5 Å². The number of nitrogens with zero attached hydrogens (tertiary/aromatic N) is 1. The number of nitro groups is 1. The van der Waals surface area contributed by atoms with Crippen molar-refractivity contribution in [2.45, 2.75) is 13.0 Å². The van der Waals surface area contributed by atoms with Gasteiger partial charge in [-0.2, -0.15) is 0 Å². The van der Waals surface area contributed by atoms with Gasteiger partial charge in [0.25, 0.3) is 17.5 Å². The van der Waals surface area contributed by atoms with Gasteiger partial charge in [-0.05, 0) is 49.5 Å². The van der Waals surface area contributed by atoms with Crippen LogP contribution in [0.1, 0.15) is 6.92 Å². The molecule has 0 radical (unpaired) electrons. The van der Waals surface area contributed by atoms with Gasteiger partial charge in [0.1, 0.15) is 11.5 Å². The van der Waals surface area contributed by atoms with Crippen LogP contribution < -0.4 is 25.6 Å². The molecule has 0 fully saturated rings. The Hall–Kier alpha value is -3.15. The summed E-state index contributed by atoms with van der Waals surface area (Å²) in [5.74, 6) is -0.653. The van der Waals surface area contributed by atoms with Crippen molar-refractivity contribution in [3.63, 3.8) is 0 Å². The van der Waals surface area contributed by atoms with Gasteiger partial charge in [0.2, 0.25) is 0 Å². The number of non-ortho nitro benzene ring substituents is 1. The van der Waals surface area contributed by atoms with Crippen LogP contribution in [0.2, 0.25) is 10.0 Å². The first-order valence-electron chi connectivity index (χ1n) is 8.54. The molecule has 0 aliphatic heterocycles. The number of amides is 2. The molecule has 0 spiro atoms. The topological polar surface area (TPSA) is 132 Å². The fourth-order valence-electron chi connectivity index (χ4n) is 2.04. The summed E-state index contributed by atoms with van der Waals surface area (Å²) in [6, 6.07) is 9.77. The van der Waals surface area contributed by atoms with Crippen LogP contribution in [-0.2, 0) is 9.59 Å². The molecule has 0 heterocycles. The third kappa shape index (κ3) is 7.89. The van der Waals surface area contributed by atoms with E-state index in [2.05, 4.69) is 16.2 Å². The van der Waals surface area contributed by atoms with E-state index in [1.54, 1.807) is 6.07 Å². The number of hydrazine groups is 1. The van der Waals surface area contributed by atoms with Gasteiger partial charge in [0.05, 0.1) is 9.95 Å². The number of hydrogen-bond donors (Lipinski definition) is 3. The predicted octanol–water partition coefficient (Wildman–Crippen LogP) is 2.77. The fraction of sp³-hybridized carbons (Fsp3) is 0.167. The lowest BCUT2D eigenvalue weighted by molar-refractivity contribution is -0.384. The monoisotopic (exact) mass is 486 g/mol. The second-order valence-corrected chi connectivity index (χ2v) is 7.12. The van der Waals surface area contributed by atoms with Gasteiger partial charge in [-0.1, -0.05) is 23.2 Å². The number of hydrogen-bond acceptors (Lipinski definition) is 7. The van der Waals surface area contributed by atoms with Crippen molar-refractivity contribution in [3.8, 4) is 11.5 Å². The lowest BCUT2D eigenvalue weighted by Gasteiger charge is -2.17. The summed E-state index contributed by atoms with van der Waals surface area (Å²) in [6.07, 6.45) is -0.945.